The van der Waals surface area contributed by atoms with Gasteiger partial charge in [-0.1, -0.05) is 12.8 Å². The molecule has 0 spiro atoms. The molecule has 1 aromatic rings. The number of aromatic nitrogens is 2. The Morgan fingerprint density at radius 2 is 2.14 bits per heavy atom. The van der Waals surface area contributed by atoms with Gasteiger partial charge in [0.1, 0.15) is 0 Å². The Labute approximate surface area is 136 Å². The highest BCUT2D eigenvalue weighted by Gasteiger charge is 2.34. The molecular formula is C15H25ClN4O2. The van der Waals surface area contributed by atoms with E-state index in [-0.39, 0.29) is 30.3 Å². The van der Waals surface area contributed by atoms with E-state index in [1.165, 1.54) is 12.8 Å². The van der Waals surface area contributed by atoms with Crippen LogP contribution in [0.5, 0.6) is 0 Å². The predicted octanol–water partition coefficient (Wildman–Crippen LogP) is 1.15. The van der Waals surface area contributed by atoms with E-state index in [0.717, 1.165) is 43.5 Å². The maximum absolute atomic E-state index is 12.4. The number of fused-ring (bicyclic) bond motifs is 1. The fraction of sp³-hybridized carbons (Fsp3) is 0.733. The number of rotatable bonds is 5. The van der Waals surface area contributed by atoms with E-state index in [0.29, 0.717) is 18.8 Å². The van der Waals surface area contributed by atoms with Gasteiger partial charge in [-0.25, -0.2) is 0 Å². The molecule has 0 bridgehead atoms. The molecule has 124 valence electrons. The third-order valence-corrected chi connectivity index (χ3v) is 4.95. The van der Waals surface area contributed by atoms with Crippen molar-refractivity contribution in [3.63, 3.8) is 0 Å². The minimum atomic E-state index is -0.0968. The Balaban J connectivity index is 0.00000176. The van der Waals surface area contributed by atoms with E-state index in [9.17, 15) is 9.90 Å². The van der Waals surface area contributed by atoms with Crippen LogP contribution < -0.4 is 10.6 Å². The van der Waals surface area contributed by atoms with Crippen LogP contribution in [-0.2, 0) is 13.0 Å². The number of hydrogen-bond acceptors (Lipinski definition) is 4. The zero-order valence-electron chi connectivity index (χ0n) is 12.8. The molecule has 0 aromatic carbocycles. The van der Waals surface area contributed by atoms with Gasteiger partial charge in [0.25, 0.3) is 5.91 Å². The van der Waals surface area contributed by atoms with Crippen LogP contribution in [0.4, 0.5) is 0 Å². The first-order chi connectivity index (χ1) is 10.2. The summed E-state index contributed by atoms with van der Waals surface area (Å²) in [5.41, 5.74) is 2.68. The number of aromatic amines is 1. The lowest BCUT2D eigenvalue weighted by molar-refractivity contribution is 0.0910. The molecule has 6 nitrogen and oxygen atoms in total. The van der Waals surface area contributed by atoms with Crippen LogP contribution in [0.3, 0.4) is 0 Å². The van der Waals surface area contributed by atoms with E-state index >= 15 is 0 Å². The van der Waals surface area contributed by atoms with Crippen LogP contribution in [0.15, 0.2) is 0 Å². The number of nitrogens with zero attached hydrogens (tertiary/aromatic N) is 1. The Hall–Kier alpha value is -1.11. The van der Waals surface area contributed by atoms with Gasteiger partial charge in [0, 0.05) is 43.9 Å². The van der Waals surface area contributed by atoms with E-state index in [2.05, 4.69) is 20.8 Å². The standard InChI is InChI=1S/C15H24N4O2.ClH/c20-8-6-15(4-1-2-5-15)10-17-14(21)13-11-9-16-7-3-12(11)18-19-13;/h16,20H,1-10H2,(H,17,21)(H,18,19);1H. The van der Waals surface area contributed by atoms with Gasteiger partial charge in [0.05, 0.1) is 0 Å². The molecule has 1 aromatic heterocycles. The normalized spacial score (nSPS) is 19.3. The number of carbonyl (C=O) groups excluding carboxylic acids is 1. The highest BCUT2D eigenvalue weighted by atomic mass is 35.5. The zero-order valence-corrected chi connectivity index (χ0v) is 13.6. The van der Waals surface area contributed by atoms with Gasteiger partial charge < -0.3 is 15.7 Å². The first-order valence-electron chi connectivity index (χ1n) is 7.90. The summed E-state index contributed by atoms with van der Waals surface area (Å²) < 4.78 is 0. The molecule has 7 heteroatoms. The fourth-order valence-electron chi connectivity index (χ4n) is 3.64. The second kappa shape index (κ2) is 7.44. The van der Waals surface area contributed by atoms with Crippen molar-refractivity contribution in [3.05, 3.63) is 17.0 Å². The quantitative estimate of drug-likeness (QED) is 0.652. The van der Waals surface area contributed by atoms with Gasteiger partial charge in [0.2, 0.25) is 0 Å². The highest BCUT2D eigenvalue weighted by Crippen LogP contribution is 2.40. The monoisotopic (exact) mass is 328 g/mol. The summed E-state index contributed by atoms with van der Waals surface area (Å²) in [6.45, 7) is 2.46. The lowest BCUT2D eigenvalue weighted by atomic mass is 9.83. The summed E-state index contributed by atoms with van der Waals surface area (Å²) in [5.74, 6) is -0.0968. The summed E-state index contributed by atoms with van der Waals surface area (Å²) in [5, 5.41) is 22.7. The van der Waals surface area contributed by atoms with Crippen molar-refractivity contribution in [2.75, 3.05) is 19.7 Å². The smallest absolute Gasteiger partial charge is 0.272 e. The van der Waals surface area contributed by atoms with Crippen molar-refractivity contribution in [1.82, 2.24) is 20.8 Å². The molecule has 0 saturated heterocycles. The van der Waals surface area contributed by atoms with Gasteiger partial charge in [-0.2, -0.15) is 5.10 Å². The van der Waals surface area contributed by atoms with Gasteiger partial charge in [-0.3, -0.25) is 9.89 Å². The maximum Gasteiger partial charge on any atom is 0.272 e. The maximum atomic E-state index is 12.4. The second-order valence-electron chi connectivity index (χ2n) is 6.32. The number of nitrogens with one attached hydrogen (secondary N) is 3. The topological polar surface area (TPSA) is 90.0 Å². The third-order valence-electron chi connectivity index (χ3n) is 4.95. The summed E-state index contributed by atoms with van der Waals surface area (Å²) in [7, 11) is 0. The minimum Gasteiger partial charge on any atom is -0.396 e. The Bertz CT molecular complexity index is 512. The molecule has 1 saturated carbocycles. The van der Waals surface area contributed by atoms with E-state index in [1.54, 1.807) is 0 Å². The Kier molecular flexibility index (Phi) is 5.83. The third kappa shape index (κ3) is 3.45. The number of amides is 1. The molecule has 0 radical (unpaired) electrons. The fourth-order valence-corrected chi connectivity index (χ4v) is 3.64. The molecule has 1 aliphatic heterocycles. The molecular weight excluding hydrogens is 304 g/mol. The lowest BCUT2D eigenvalue weighted by Gasteiger charge is -2.28. The lowest BCUT2D eigenvalue weighted by Crippen LogP contribution is -2.37. The van der Waals surface area contributed by atoms with Gasteiger partial charge >= 0.3 is 0 Å². The molecule has 2 heterocycles. The van der Waals surface area contributed by atoms with Crippen LogP contribution in [0.2, 0.25) is 0 Å². The Morgan fingerprint density at radius 1 is 1.36 bits per heavy atom. The van der Waals surface area contributed by atoms with Crippen molar-refractivity contribution in [2.45, 2.75) is 45.1 Å². The van der Waals surface area contributed by atoms with Crippen LogP contribution in [0.1, 0.15) is 53.8 Å². The molecule has 1 amide bonds. The molecule has 2 aliphatic rings. The van der Waals surface area contributed by atoms with Gasteiger partial charge in [-0.05, 0) is 24.7 Å². The van der Waals surface area contributed by atoms with Crippen molar-refractivity contribution in [3.8, 4) is 0 Å². The molecule has 0 unspecified atom stereocenters. The molecule has 0 atom stereocenters. The summed E-state index contributed by atoms with van der Waals surface area (Å²) in [4.78, 5) is 12.4. The van der Waals surface area contributed by atoms with Crippen molar-refractivity contribution < 1.29 is 9.90 Å². The number of aliphatic hydroxyl groups is 1. The first-order valence-corrected chi connectivity index (χ1v) is 7.90. The summed E-state index contributed by atoms with van der Waals surface area (Å²) in [6.07, 6.45) is 6.23. The van der Waals surface area contributed by atoms with E-state index in [4.69, 9.17) is 0 Å². The van der Waals surface area contributed by atoms with Crippen LogP contribution in [0, 0.1) is 5.41 Å². The van der Waals surface area contributed by atoms with Crippen molar-refractivity contribution in [1.29, 1.82) is 0 Å². The SMILES string of the molecule is Cl.O=C(NCC1(CCO)CCCC1)c1n[nH]c2c1CNCC2. The second-order valence-corrected chi connectivity index (χ2v) is 6.32. The molecule has 3 rings (SSSR count). The number of H-pyrrole nitrogens is 1. The number of hydrogen-bond donors (Lipinski definition) is 4. The number of halogens is 1. The largest absolute Gasteiger partial charge is 0.396 e. The van der Waals surface area contributed by atoms with Gasteiger partial charge in [-0.15, -0.1) is 12.4 Å². The van der Waals surface area contributed by atoms with E-state index in [1.807, 2.05) is 0 Å². The van der Waals surface area contributed by atoms with Gasteiger partial charge in [0.15, 0.2) is 5.69 Å². The average molecular weight is 329 g/mol. The molecule has 22 heavy (non-hydrogen) atoms. The highest BCUT2D eigenvalue weighted by molar-refractivity contribution is 5.94. The first kappa shape index (κ1) is 17.2. The van der Waals surface area contributed by atoms with Crippen LogP contribution in [0.25, 0.3) is 0 Å². The van der Waals surface area contributed by atoms with Crippen molar-refractivity contribution >= 4 is 18.3 Å². The number of carbonyl (C=O) groups is 1. The van der Waals surface area contributed by atoms with Crippen LogP contribution in [-0.4, -0.2) is 40.9 Å². The summed E-state index contributed by atoms with van der Waals surface area (Å²) >= 11 is 0. The number of aliphatic hydroxyl groups excluding tert-OH is 1. The Morgan fingerprint density at radius 3 is 2.86 bits per heavy atom. The van der Waals surface area contributed by atoms with E-state index < -0.39 is 0 Å². The van der Waals surface area contributed by atoms with Crippen molar-refractivity contribution in [2.24, 2.45) is 5.41 Å². The van der Waals surface area contributed by atoms with Crippen LogP contribution >= 0.6 is 12.4 Å². The zero-order chi connectivity index (χ0) is 14.7. The molecule has 1 fully saturated rings. The summed E-state index contributed by atoms with van der Waals surface area (Å²) in [6, 6.07) is 0. The molecule has 1 aliphatic carbocycles. The average Bonchev–Trinajstić information content (AvgIpc) is 3.12. The minimum absolute atomic E-state index is 0. The predicted molar refractivity (Wildman–Crippen MR) is 86.2 cm³/mol. The molecule has 4 N–H and O–H groups in total.